The van der Waals surface area contributed by atoms with Gasteiger partial charge >= 0.3 is 0 Å². The molecule has 0 saturated carbocycles. The van der Waals surface area contributed by atoms with E-state index in [0.29, 0.717) is 5.92 Å². The fraction of sp³-hybridized carbons (Fsp3) is 0.429. The minimum atomic E-state index is -0.833. The molecule has 22 heavy (non-hydrogen) atoms. The Morgan fingerprint density at radius 3 is 2.86 bits per heavy atom. The van der Waals surface area contributed by atoms with Gasteiger partial charge in [0.1, 0.15) is 17.5 Å². The van der Waals surface area contributed by atoms with Crippen LogP contribution in [-0.4, -0.2) is 49.0 Å². The molecule has 0 atom stereocenters. The van der Waals surface area contributed by atoms with Crippen LogP contribution in [0.25, 0.3) is 16.6 Å². The van der Waals surface area contributed by atoms with E-state index in [9.17, 15) is 0 Å². The Morgan fingerprint density at radius 1 is 1.41 bits per heavy atom. The normalized spacial score (nSPS) is 15.7. The van der Waals surface area contributed by atoms with Crippen LogP contribution in [0.5, 0.6) is 0 Å². The van der Waals surface area contributed by atoms with Gasteiger partial charge in [0.15, 0.2) is 0 Å². The zero-order chi connectivity index (χ0) is 15.5. The number of hydrogen-bond donors (Lipinski definition) is 3. The fourth-order valence-electron chi connectivity index (χ4n) is 2.79. The van der Waals surface area contributed by atoms with Crippen molar-refractivity contribution in [2.75, 3.05) is 13.1 Å². The van der Waals surface area contributed by atoms with Gasteiger partial charge in [0.2, 0.25) is 0 Å². The van der Waals surface area contributed by atoms with Gasteiger partial charge in [-0.15, -0.1) is 5.10 Å². The number of fused-ring (bicyclic) bond motifs is 3. The number of hydrogen-bond acceptors (Lipinski definition) is 5. The highest BCUT2D eigenvalue weighted by Gasteiger charge is 2.22. The van der Waals surface area contributed by atoms with Crippen molar-refractivity contribution in [1.29, 1.82) is 0 Å². The highest BCUT2D eigenvalue weighted by molar-refractivity contribution is 5.92. The largest absolute Gasteiger partial charge is 0.481 e. The number of carboxylic acids is 1. The lowest BCUT2D eigenvalue weighted by Gasteiger charge is -2.20. The van der Waals surface area contributed by atoms with Gasteiger partial charge in [0.25, 0.3) is 5.97 Å². The second-order valence-corrected chi connectivity index (χ2v) is 5.30. The average molecular weight is 302 g/mol. The Hall–Kier alpha value is -2.48. The Balaban J connectivity index is 0.000000325. The van der Waals surface area contributed by atoms with E-state index in [1.807, 2.05) is 12.3 Å². The Kier molecular flexibility index (Phi) is 4.01. The van der Waals surface area contributed by atoms with Gasteiger partial charge in [-0.1, -0.05) is 5.21 Å². The molecular formula is C14H18N6O2. The molecule has 0 radical (unpaired) electrons. The first kappa shape index (κ1) is 14.5. The highest BCUT2D eigenvalue weighted by atomic mass is 16.4. The summed E-state index contributed by atoms with van der Waals surface area (Å²) in [5.74, 6) is -0.329. The topological polar surface area (TPSA) is 108 Å². The third kappa shape index (κ3) is 2.77. The number of aromatic nitrogens is 5. The maximum atomic E-state index is 9.00. The van der Waals surface area contributed by atoms with Crippen molar-refractivity contribution < 1.29 is 9.90 Å². The van der Waals surface area contributed by atoms with Gasteiger partial charge in [-0.25, -0.2) is 9.50 Å². The zero-order valence-electron chi connectivity index (χ0n) is 12.3. The SMILES string of the molecule is CC(=O)O.c1cc2c(ncn3nnc(C4CCNCC4)c23)[nH]1. The van der Waals surface area contributed by atoms with Crippen LogP contribution in [0.3, 0.4) is 0 Å². The van der Waals surface area contributed by atoms with E-state index in [0.717, 1.165) is 55.1 Å². The lowest BCUT2D eigenvalue weighted by Crippen LogP contribution is -2.26. The molecule has 0 aromatic carbocycles. The summed E-state index contributed by atoms with van der Waals surface area (Å²) in [6.45, 7) is 3.20. The number of aromatic amines is 1. The van der Waals surface area contributed by atoms with Crippen molar-refractivity contribution in [3.05, 3.63) is 24.3 Å². The molecule has 1 aliphatic heterocycles. The van der Waals surface area contributed by atoms with Crippen LogP contribution in [0.1, 0.15) is 31.4 Å². The van der Waals surface area contributed by atoms with Crippen molar-refractivity contribution in [2.24, 2.45) is 0 Å². The van der Waals surface area contributed by atoms with Crippen molar-refractivity contribution >= 4 is 22.5 Å². The van der Waals surface area contributed by atoms with Gasteiger partial charge in [-0.2, -0.15) is 0 Å². The van der Waals surface area contributed by atoms with E-state index in [2.05, 4.69) is 25.6 Å². The third-order valence-electron chi connectivity index (χ3n) is 3.72. The number of carboxylic acid groups (broad SMARTS) is 1. The molecule has 0 unspecified atom stereocenters. The Labute approximate surface area is 126 Å². The molecule has 0 aliphatic carbocycles. The predicted octanol–water partition coefficient (Wildman–Crippen LogP) is 1.16. The van der Waals surface area contributed by atoms with Crippen LogP contribution >= 0.6 is 0 Å². The average Bonchev–Trinajstić information content (AvgIpc) is 3.13. The van der Waals surface area contributed by atoms with E-state index >= 15 is 0 Å². The summed E-state index contributed by atoms with van der Waals surface area (Å²) in [4.78, 5) is 16.5. The predicted molar refractivity (Wildman–Crippen MR) is 80.8 cm³/mol. The van der Waals surface area contributed by atoms with Gasteiger partial charge in [0.05, 0.1) is 5.69 Å². The molecule has 4 rings (SSSR count). The van der Waals surface area contributed by atoms with E-state index in [-0.39, 0.29) is 0 Å². The standard InChI is InChI=1S/C12H14N6.C2H4O2/c1-4-13-5-2-8(1)10-11-9-3-6-14-12(9)15-7-18(11)17-16-10;1-2(3)4/h3,6-8,13-14H,1-2,4-5H2;1H3,(H,3,4). The molecule has 3 aromatic heterocycles. The number of nitrogens with zero attached hydrogens (tertiary/aromatic N) is 4. The zero-order valence-corrected chi connectivity index (χ0v) is 12.3. The quantitative estimate of drug-likeness (QED) is 0.622. The molecule has 3 aromatic rings. The Morgan fingerprint density at radius 2 is 2.14 bits per heavy atom. The molecule has 1 fully saturated rings. The minimum Gasteiger partial charge on any atom is -0.481 e. The molecule has 0 bridgehead atoms. The summed E-state index contributed by atoms with van der Waals surface area (Å²) in [5, 5.41) is 20.5. The first-order valence-corrected chi connectivity index (χ1v) is 7.24. The van der Waals surface area contributed by atoms with Crippen molar-refractivity contribution in [3.63, 3.8) is 0 Å². The van der Waals surface area contributed by atoms with Gasteiger partial charge in [0, 0.05) is 24.4 Å². The molecule has 116 valence electrons. The second kappa shape index (κ2) is 6.10. The summed E-state index contributed by atoms with van der Waals surface area (Å²) >= 11 is 0. The molecular weight excluding hydrogens is 284 g/mol. The van der Waals surface area contributed by atoms with Crippen LogP contribution in [0, 0.1) is 0 Å². The van der Waals surface area contributed by atoms with E-state index in [1.54, 1.807) is 10.8 Å². The maximum absolute atomic E-state index is 9.00. The fourth-order valence-corrected chi connectivity index (χ4v) is 2.79. The van der Waals surface area contributed by atoms with Gasteiger partial charge < -0.3 is 15.4 Å². The molecule has 4 heterocycles. The van der Waals surface area contributed by atoms with Gasteiger partial charge in [-0.05, 0) is 32.0 Å². The van der Waals surface area contributed by atoms with E-state index in [4.69, 9.17) is 9.90 Å². The number of aliphatic carboxylic acids is 1. The van der Waals surface area contributed by atoms with Crippen molar-refractivity contribution in [1.82, 2.24) is 30.1 Å². The van der Waals surface area contributed by atoms with Gasteiger partial charge in [-0.3, -0.25) is 4.79 Å². The number of piperidine rings is 1. The minimum absolute atomic E-state index is 0.504. The number of nitrogens with one attached hydrogen (secondary N) is 2. The van der Waals surface area contributed by atoms with Crippen LogP contribution in [0.4, 0.5) is 0 Å². The lowest BCUT2D eigenvalue weighted by molar-refractivity contribution is -0.134. The first-order valence-electron chi connectivity index (χ1n) is 7.24. The van der Waals surface area contributed by atoms with Crippen LogP contribution in [0.2, 0.25) is 0 Å². The van der Waals surface area contributed by atoms with Crippen LogP contribution < -0.4 is 5.32 Å². The van der Waals surface area contributed by atoms with Crippen LogP contribution in [-0.2, 0) is 4.79 Å². The molecule has 1 saturated heterocycles. The third-order valence-corrected chi connectivity index (χ3v) is 3.72. The summed E-state index contributed by atoms with van der Waals surface area (Å²) in [6, 6.07) is 2.05. The van der Waals surface area contributed by atoms with Crippen molar-refractivity contribution in [2.45, 2.75) is 25.7 Å². The van der Waals surface area contributed by atoms with Crippen molar-refractivity contribution in [3.8, 4) is 0 Å². The van der Waals surface area contributed by atoms with E-state index < -0.39 is 5.97 Å². The molecule has 8 heteroatoms. The first-order chi connectivity index (χ1) is 10.7. The summed E-state index contributed by atoms with van der Waals surface area (Å²) in [6.07, 6.45) is 5.90. The Bertz CT molecular complexity index is 783. The second-order valence-electron chi connectivity index (χ2n) is 5.30. The molecule has 0 spiro atoms. The molecule has 0 amide bonds. The number of H-pyrrole nitrogens is 1. The monoisotopic (exact) mass is 302 g/mol. The van der Waals surface area contributed by atoms with E-state index in [1.165, 1.54) is 0 Å². The smallest absolute Gasteiger partial charge is 0.300 e. The maximum Gasteiger partial charge on any atom is 0.300 e. The highest BCUT2D eigenvalue weighted by Crippen LogP contribution is 2.29. The molecule has 1 aliphatic rings. The number of carbonyl (C=O) groups is 1. The summed E-state index contributed by atoms with van der Waals surface area (Å²) < 4.78 is 1.79. The number of rotatable bonds is 1. The molecule has 8 nitrogen and oxygen atoms in total. The summed E-state index contributed by atoms with van der Waals surface area (Å²) in [5.41, 5.74) is 3.12. The lowest BCUT2D eigenvalue weighted by atomic mass is 9.93. The molecule has 3 N–H and O–H groups in total. The van der Waals surface area contributed by atoms with Crippen LogP contribution in [0.15, 0.2) is 18.6 Å². The summed E-state index contributed by atoms with van der Waals surface area (Å²) in [7, 11) is 0.